The summed E-state index contributed by atoms with van der Waals surface area (Å²) in [6.45, 7) is 1.31. The summed E-state index contributed by atoms with van der Waals surface area (Å²) in [5, 5.41) is 9.95. The number of carbonyl (C=O) groups is 1. The summed E-state index contributed by atoms with van der Waals surface area (Å²) in [6.07, 6.45) is 0.721. The number of benzene rings is 1. The van der Waals surface area contributed by atoms with Crippen molar-refractivity contribution >= 4 is 11.7 Å². The average molecular weight is 310 g/mol. The van der Waals surface area contributed by atoms with E-state index in [-0.39, 0.29) is 0 Å². The monoisotopic (exact) mass is 310 g/mol. The van der Waals surface area contributed by atoms with Crippen molar-refractivity contribution in [3.05, 3.63) is 46.4 Å². The summed E-state index contributed by atoms with van der Waals surface area (Å²) in [5.74, 6) is -4.95. The quantitative estimate of drug-likeness (QED) is 0.831. The van der Waals surface area contributed by atoms with Gasteiger partial charge in [-0.1, -0.05) is 0 Å². The molecular weight excluding hydrogens is 297 g/mol. The molecule has 0 aliphatic carbocycles. The number of hydrogen-bond acceptors (Lipinski definition) is 3. The van der Waals surface area contributed by atoms with Crippen molar-refractivity contribution in [3.63, 3.8) is 0 Å². The van der Waals surface area contributed by atoms with Gasteiger partial charge in [-0.3, -0.25) is 9.48 Å². The minimum absolute atomic E-state index is 0.413. The zero-order chi connectivity index (χ0) is 15.9. The maximum absolute atomic E-state index is 13.7. The van der Waals surface area contributed by atoms with Crippen LogP contribution in [0, 0.1) is 17.5 Å². The summed E-state index contributed by atoms with van der Waals surface area (Å²) in [6, 6.07) is 1.62. The van der Waals surface area contributed by atoms with E-state index in [1.165, 1.54) is 4.68 Å². The fourth-order valence-electron chi connectivity index (χ4n) is 2.46. The van der Waals surface area contributed by atoms with E-state index in [1.807, 2.05) is 0 Å². The fourth-order valence-corrected chi connectivity index (χ4v) is 2.46. The van der Waals surface area contributed by atoms with Crippen molar-refractivity contribution in [2.75, 3.05) is 11.9 Å². The SMILES string of the molecule is Cn1nc2c(c1NC(=O)c1ccc(F)c(F)c1F)CNCC2. The van der Waals surface area contributed by atoms with Crippen LogP contribution in [0.3, 0.4) is 0 Å². The summed E-state index contributed by atoms with van der Waals surface area (Å²) in [4.78, 5) is 12.1. The number of fused-ring (bicyclic) bond motifs is 1. The fraction of sp³-hybridized carbons (Fsp3) is 0.286. The lowest BCUT2D eigenvalue weighted by atomic mass is 10.1. The van der Waals surface area contributed by atoms with Gasteiger partial charge >= 0.3 is 0 Å². The number of carbonyl (C=O) groups excluding carboxylic acids is 1. The predicted molar refractivity (Wildman–Crippen MR) is 72.9 cm³/mol. The van der Waals surface area contributed by atoms with Gasteiger partial charge < -0.3 is 10.6 Å². The van der Waals surface area contributed by atoms with E-state index in [4.69, 9.17) is 0 Å². The number of aryl methyl sites for hydroxylation is 1. The molecule has 0 bridgehead atoms. The second-order valence-electron chi connectivity index (χ2n) is 5.00. The van der Waals surface area contributed by atoms with Crippen molar-refractivity contribution in [1.82, 2.24) is 15.1 Å². The van der Waals surface area contributed by atoms with Crippen molar-refractivity contribution in [1.29, 1.82) is 0 Å². The maximum Gasteiger partial charge on any atom is 0.259 e. The molecule has 3 rings (SSSR count). The molecule has 22 heavy (non-hydrogen) atoms. The van der Waals surface area contributed by atoms with Crippen molar-refractivity contribution in [2.45, 2.75) is 13.0 Å². The Morgan fingerprint density at radius 1 is 1.32 bits per heavy atom. The Hall–Kier alpha value is -2.35. The molecule has 1 aromatic heterocycles. The van der Waals surface area contributed by atoms with Gasteiger partial charge in [-0.15, -0.1) is 0 Å². The highest BCUT2D eigenvalue weighted by Gasteiger charge is 2.23. The van der Waals surface area contributed by atoms with Crippen molar-refractivity contribution in [3.8, 4) is 0 Å². The second kappa shape index (κ2) is 5.45. The summed E-state index contributed by atoms with van der Waals surface area (Å²) < 4.78 is 41.3. The molecule has 0 saturated carbocycles. The van der Waals surface area contributed by atoms with E-state index in [0.717, 1.165) is 30.3 Å². The molecule has 1 aromatic carbocycles. The highest BCUT2D eigenvalue weighted by atomic mass is 19.2. The number of amides is 1. The molecule has 0 saturated heterocycles. The minimum Gasteiger partial charge on any atom is -0.312 e. The van der Waals surface area contributed by atoms with Gasteiger partial charge in [0.05, 0.1) is 11.3 Å². The largest absolute Gasteiger partial charge is 0.312 e. The average Bonchev–Trinajstić information content (AvgIpc) is 2.81. The van der Waals surface area contributed by atoms with E-state index < -0.39 is 28.9 Å². The molecule has 8 heteroatoms. The smallest absolute Gasteiger partial charge is 0.259 e. The molecule has 2 heterocycles. The lowest BCUT2D eigenvalue weighted by Gasteiger charge is -2.13. The first-order chi connectivity index (χ1) is 10.5. The molecule has 0 atom stereocenters. The lowest BCUT2D eigenvalue weighted by molar-refractivity contribution is 0.102. The van der Waals surface area contributed by atoms with Gasteiger partial charge in [-0.25, -0.2) is 13.2 Å². The molecule has 0 spiro atoms. The highest BCUT2D eigenvalue weighted by Crippen LogP contribution is 2.23. The van der Waals surface area contributed by atoms with Crippen LogP contribution in [0.5, 0.6) is 0 Å². The number of rotatable bonds is 2. The van der Waals surface area contributed by atoms with Crippen LogP contribution in [0.25, 0.3) is 0 Å². The maximum atomic E-state index is 13.7. The minimum atomic E-state index is -1.67. The van der Waals surface area contributed by atoms with Crippen LogP contribution in [0.15, 0.2) is 12.1 Å². The number of halogens is 3. The van der Waals surface area contributed by atoms with Gasteiger partial charge in [0.2, 0.25) is 0 Å². The summed E-state index contributed by atoms with van der Waals surface area (Å²) in [7, 11) is 1.65. The van der Waals surface area contributed by atoms with Gasteiger partial charge in [0.25, 0.3) is 5.91 Å². The first-order valence-corrected chi connectivity index (χ1v) is 6.69. The van der Waals surface area contributed by atoms with Crippen LogP contribution in [-0.2, 0) is 20.0 Å². The van der Waals surface area contributed by atoms with E-state index in [2.05, 4.69) is 15.7 Å². The van der Waals surface area contributed by atoms with E-state index in [9.17, 15) is 18.0 Å². The second-order valence-corrected chi connectivity index (χ2v) is 5.00. The van der Waals surface area contributed by atoms with Crippen molar-refractivity contribution < 1.29 is 18.0 Å². The van der Waals surface area contributed by atoms with E-state index >= 15 is 0 Å². The third-order valence-corrected chi connectivity index (χ3v) is 3.58. The predicted octanol–water partition coefficient (Wildman–Crippen LogP) is 1.74. The van der Waals surface area contributed by atoms with Gasteiger partial charge in [0.15, 0.2) is 17.5 Å². The normalized spacial score (nSPS) is 13.8. The van der Waals surface area contributed by atoms with Crippen LogP contribution >= 0.6 is 0 Å². The van der Waals surface area contributed by atoms with Gasteiger partial charge in [0.1, 0.15) is 5.82 Å². The number of nitrogens with zero attached hydrogens (tertiary/aromatic N) is 2. The molecule has 0 fully saturated rings. The molecule has 1 amide bonds. The third kappa shape index (κ3) is 2.35. The zero-order valence-electron chi connectivity index (χ0n) is 11.7. The van der Waals surface area contributed by atoms with Gasteiger partial charge in [0, 0.05) is 32.1 Å². The van der Waals surface area contributed by atoms with Gasteiger partial charge in [-0.2, -0.15) is 5.10 Å². The molecule has 1 aliphatic rings. The van der Waals surface area contributed by atoms with Crippen LogP contribution in [-0.4, -0.2) is 22.2 Å². The van der Waals surface area contributed by atoms with E-state index in [0.29, 0.717) is 18.4 Å². The molecule has 1 aliphatic heterocycles. The van der Waals surface area contributed by atoms with E-state index in [1.54, 1.807) is 7.05 Å². The van der Waals surface area contributed by atoms with Gasteiger partial charge in [-0.05, 0) is 12.1 Å². The Kier molecular flexibility index (Phi) is 3.61. The Morgan fingerprint density at radius 3 is 2.86 bits per heavy atom. The first kappa shape index (κ1) is 14.6. The molecule has 2 N–H and O–H groups in total. The molecule has 2 aromatic rings. The third-order valence-electron chi connectivity index (χ3n) is 3.58. The lowest BCUT2D eigenvalue weighted by Crippen LogP contribution is -2.24. The van der Waals surface area contributed by atoms with Crippen LogP contribution < -0.4 is 10.6 Å². The molecular formula is C14H13F3N4O. The zero-order valence-corrected chi connectivity index (χ0v) is 11.7. The summed E-state index contributed by atoms with van der Waals surface area (Å²) >= 11 is 0. The Labute approximate surface area is 124 Å². The Bertz CT molecular complexity index is 757. The summed E-state index contributed by atoms with van der Waals surface area (Å²) in [5.41, 5.74) is 1.10. The van der Waals surface area contributed by atoms with Crippen LogP contribution in [0.2, 0.25) is 0 Å². The highest BCUT2D eigenvalue weighted by molar-refractivity contribution is 6.04. The molecule has 5 nitrogen and oxygen atoms in total. The van der Waals surface area contributed by atoms with Crippen LogP contribution in [0.4, 0.5) is 19.0 Å². The topological polar surface area (TPSA) is 59.0 Å². The Morgan fingerprint density at radius 2 is 2.09 bits per heavy atom. The first-order valence-electron chi connectivity index (χ1n) is 6.69. The molecule has 116 valence electrons. The molecule has 0 radical (unpaired) electrons. The van der Waals surface area contributed by atoms with Crippen LogP contribution in [0.1, 0.15) is 21.6 Å². The molecule has 0 unspecified atom stereocenters. The number of anilines is 1. The standard InChI is InChI=1S/C14H13F3N4O/c1-21-13(8-6-18-5-4-10(8)20-21)19-14(22)7-2-3-9(15)12(17)11(7)16/h2-3,18H,4-6H2,1H3,(H,19,22). The number of nitrogens with one attached hydrogen (secondary N) is 2. The van der Waals surface area contributed by atoms with Crippen molar-refractivity contribution in [2.24, 2.45) is 7.05 Å². The number of aromatic nitrogens is 2. The Balaban J connectivity index is 1.93. The number of hydrogen-bond donors (Lipinski definition) is 2.